The molecule has 0 aliphatic carbocycles. The highest BCUT2D eigenvalue weighted by molar-refractivity contribution is 5.96. The van der Waals surface area contributed by atoms with Gasteiger partial charge in [-0.05, 0) is 46.5 Å². The highest BCUT2D eigenvalue weighted by atomic mass is 16.6. The van der Waals surface area contributed by atoms with Crippen LogP contribution < -0.4 is 5.73 Å². The van der Waals surface area contributed by atoms with Gasteiger partial charge in [0.15, 0.2) is 0 Å². The summed E-state index contributed by atoms with van der Waals surface area (Å²) < 4.78 is 7.23. The Kier molecular flexibility index (Phi) is 5.12. The molecule has 25 heavy (non-hydrogen) atoms. The lowest BCUT2D eigenvalue weighted by molar-refractivity contribution is 0.0233. The van der Waals surface area contributed by atoms with Crippen molar-refractivity contribution in [2.75, 3.05) is 6.54 Å². The summed E-state index contributed by atoms with van der Waals surface area (Å²) >= 11 is 0. The Bertz CT molecular complexity index is 724. The lowest BCUT2D eigenvalue weighted by Crippen LogP contribution is -2.39. The largest absolute Gasteiger partial charge is 0.444 e. The SMILES string of the molecule is C#Cc1nn([C@H]2C[C@H](C)N(C(=O)OC(C)(C)C)C2)c(CC)c1C(N)=O. The summed E-state index contributed by atoms with van der Waals surface area (Å²) in [6.45, 7) is 9.85. The molecule has 7 heteroatoms. The van der Waals surface area contributed by atoms with Crippen LogP contribution in [0.15, 0.2) is 0 Å². The molecule has 1 fully saturated rings. The highest BCUT2D eigenvalue weighted by Gasteiger charge is 2.38. The van der Waals surface area contributed by atoms with Crippen LogP contribution in [0.2, 0.25) is 0 Å². The molecule has 7 nitrogen and oxygen atoms in total. The van der Waals surface area contributed by atoms with Gasteiger partial charge in [-0.15, -0.1) is 6.42 Å². The van der Waals surface area contributed by atoms with E-state index >= 15 is 0 Å². The summed E-state index contributed by atoms with van der Waals surface area (Å²) in [5, 5.41) is 4.41. The van der Waals surface area contributed by atoms with Gasteiger partial charge in [0.1, 0.15) is 11.3 Å². The first-order valence-electron chi connectivity index (χ1n) is 8.46. The van der Waals surface area contributed by atoms with Crippen molar-refractivity contribution in [3.8, 4) is 12.3 Å². The minimum atomic E-state index is -0.578. The van der Waals surface area contributed by atoms with Gasteiger partial charge in [-0.3, -0.25) is 9.48 Å². The van der Waals surface area contributed by atoms with E-state index in [1.165, 1.54) is 0 Å². The molecule has 0 radical (unpaired) electrons. The first-order valence-corrected chi connectivity index (χ1v) is 8.46. The van der Waals surface area contributed by atoms with Gasteiger partial charge in [-0.25, -0.2) is 4.79 Å². The first-order chi connectivity index (χ1) is 11.6. The highest BCUT2D eigenvalue weighted by Crippen LogP contribution is 2.31. The van der Waals surface area contributed by atoms with E-state index in [2.05, 4.69) is 11.0 Å². The Balaban J connectivity index is 2.31. The van der Waals surface area contributed by atoms with Gasteiger partial charge >= 0.3 is 6.09 Å². The molecule has 2 heterocycles. The number of hydrogen-bond acceptors (Lipinski definition) is 4. The molecule has 1 aromatic rings. The van der Waals surface area contributed by atoms with Crippen molar-refractivity contribution in [1.82, 2.24) is 14.7 Å². The van der Waals surface area contributed by atoms with Crippen LogP contribution in [-0.4, -0.2) is 44.9 Å². The Morgan fingerprint density at radius 3 is 2.56 bits per heavy atom. The van der Waals surface area contributed by atoms with Crippen LogP contribution in [0.4, 0.5) is 4.79 Å². The number of rotatable bonds is 3. The predicted molar refractivity (Wildman–Crippen MR) is 94.1 cm³/mol. The van der Waals surface area contributed by atoms with Gasteiger partial charge in [0.25, 0.3) is 5.91 Å². The summed E-state index contributed by atoms with van der Waals surface area (Å²) in [4.78, 5) is 25.9. The van der Waals surface area contributed by atoms with Gasteiger partial charge in [0, 0.05) is 12.6 Å². The molecule has 2 rings (SSSR count). The zero-order valence-electron chi connectivity index (χ0n) is 15.5. The Hall–Kier alpha value is -2.49. The summed E-state index contributed by atoms with van der Waals surface area (Å²) in [7, 11) is 0. The molecule has 0 aromatic carbocycles. The molecular weight excluding hydrogens is 320 g/mol. The first kappa shape index (κ1) is 18.8. The van der Waals surface area contributed by atoms with E-state index in [1.54, 1.807) is 9.58 Å². The summed E-state index contributed by atoms with van der Waals surface area (Å²) in [6, 6.07) is -0.0715. The van der Waals surface area contributed by atoms with Crippen molar-refractivity contribution >= 4 is 12.0 Å². The number of hydrogen-bond donors (Lipinski definition) is 1. The third kappa shape index (κ3) is 3.78. The van der Waals surface area contributed by atoms with Gasteiger partial charge in [0.2, 0.25) is 0 Å². The number of nitrogens with two attached hydrogens (primary N) is 1. The summed E-state index contributed by atoms with van der Waals surface area (Å²) in [5.41, 5.74) is 6.20. The molecule has 0 unspecified atom stereocenters. The fourth-order valence-corrected chi connectivity index (χ4v) is 3.22. The molecule has 2 amide bonds. The van der Waals surface area contributed by atoms with Crippen molar-refractivity contribution in [2.24, 2.45) is 5.73 Å². The maximum absolute atomic E-state index is 12.4. The Morgan fingerprint density at radius 1 is 1.44 bits per heavy atom. The van der Waals surface area contributed by atoms with Gasteiger partial charge < -0.3 is 15.4 Å². The normalized spacial score (nSPS) is 20.4. The average Bonchev–Trinajstić information content (AvgIpc) is 3.05. The number of primary amides is 1. The molecule has 1 aliphatic rings. The van der Waals surface area contributed by atoms with Crippen LogP contribution >= 0.6 is 0 Å². The molecule has 1 aromatic heterocycles. The number of aromatic nitrogens is 2. The van der Waals surface area contributed by atoms with Gasteiger partial charge in [-0.2, -0.15) is 5.10 Å². The zero-order valence-corrected chi connectivity index (χ0v) is 15.5. The Morgan fingerprint density at radius 2 is 2.08 bits per heavy atom. The molecule has 0 bridgehead atoms. The van der Waals surface area contributed by atoms with Crippen LogP contribution in [0.25, 0.3) is 0 Å². The number of ether oxygens (including phenoxy) is 1. The topological polar surface area (TPSA) is 90.4 Å². The number of nitrogens with zero attached hydrogens (tertiary/aromatic N) is 3. The summed E-state index contributed by atoms with van der Waals surface area (Å²) in [6.07, 6.45) is 6.41. The van der Waals surface area contributed by atoms with E-state index < -0.39 is 11.5 Å². The van der Waals surface area contributed by atoms with Crippen molar-refractivity contribution in [1.29, 1.82) is 0 Å². The van der Waals surface area contributed by atoms with Gasteiger partial charge in [-0.1, -0.05) is 6.92 Å². The number of amides is 2. The molecule has 136 valence electrons. The second-order valence-electron chi connectivity index (χ2n) is 7.35. The number of carbonyl (C=O) groups is 2. The van der Waals surface area contributed by atoms with E-state index in [0.717, 1.165) is 0 Å². The van der Waals surface area contributed by atoms with E-state index in [9.17, 15) is 9.59 Å². The number of likely N-dealkylation sites (tertiary alicyclic amines) is 1. The molecule has 0 spiro atoms. The van der Waals surface area contributed by atoms with Crippen molar-refractivity contribution in [3.63, 3.8) is 0 Å². The second-order valence-corrected chi connectivity index (χ2v) is 7.35. The molecule has 2 N–H and O–H groups in total. The smallest absolute Gasteiger partial charge is 0.410 e. The quantitative estimate of drug-likeness (QED) is 0.849. The lowest BCUT2D eigenvalue weighted by atomic mass is 10.1. The van der Waals surface area contributed by atoms with Crippen LogP contribution in [0.3, 0.4) is 0 Å². The van der Waals surface area contributed by atoms with Crippen LogP contribution in [0.1, 0.15) is 68.8 Å². The van der Waals surface area contributed by atoms with Crippen LogP contribution in [0.5, 0.6) is 0 Å². The van der Waals surface area contributed by atoms with E-state index in [-0.39, 0.29) is 23.9 Å². The molecular formula is C18H26N4O3. The minimum absolute atomic E-state index is 0.0000647. The minimum Gasteiger partial charge on any atom is -0.444 e. The van der Waals surface area contributed by atoms with E-state index in [0.29, 0.717) is 30.6 Å². The predicted octanol–water partition coefficient (Wildman–Crippen LogP) is 2.10. The van der Waals surface area contributed by atoms with Crippen LogP contribution in [-0.2, 0) is 11.2 Å². The van der Waals surface area contributed by atoms with Crippen molar-refractivity contribution in [3.05, 3.63) is 17.0 Å². The van der Waals surface area contributed by atoms with Crippen LogP contribution in [0, 0.1) is 12.3 Å². The zero-order chi connectivity index (χ0) is 18.9. The molecule has 1 aliphatic heterocycles. The molecule has 0 saturated carbocycles. The maximum atomic E-state index is 12.4. The van der Waals surface area contributed by atoms with E-state index in [4.69, 9.17) is 16.9 Å². The number of carbonyl (C=O) groups excluding carboxylic acids is 2. The fourth-order valence-electron chi connectivity index (χ4n) is 3.22. The fraction of sp³-hybridized carbons (Fsp3) is 0.611. The molecule has 1 saturated heterocycles. The third-order valence-corrected chi connectivity index (χ3v) is 4.25. The summed E-state index contributed by atoms with van der Waals surface area (Å²) in [5.74, 6) is 1.86. The van der Waals surface area contributed by atoms with E-state index in [1.807, 2.05) is 34.6 Å². The standard InChI is InChI=1S/C18H26N4O3/c1-7-13-15(16(19)23)14(8-2)22(20-13)12-9-11(3)21(10-12)17(24)25-18(4,5)6/h1,11-12H,8-10H2,2-6H3,(H2,19,23)/t11-,12-/m0/s1. The number of terminal acetylenes is 1. The lowest BCUT2D eigenvalue weighted by Gasteiger charge is -2.26. The van der Waals surface area contributed by atoms with Gasteiger partial charge in [0.05, 0.1) is 17.3 Å². The van der Waals surface area contributed by atoms with Crippen molar-refractivity contribution < 1.29 is 14.3 Å². The maximum Gasteiger partial charge on any atom is 0.410 e. The molecule has 2 atom stereocenters. The third-order valence-electron chi connectivity index (χ3n) is 4.25. The average molecular weight is 346 g/mol. The van der Waals surface area contributed by atoms with Crippen molar-refractivity contribution in [2.45, 2.75) is 65.1 Å². The Labute approximate surface area is 148 Å². The second kappa shape index (κ2) is 6.79. The monoisotopic (exact) mass is 346 g/mol.